The summed E-state index contributed by atoms with van der Waals surface area (Å²) in [6, 6.07) is 0. The second-order valence-electron chi connectivity index (χ2n) is 4.59. The Kier molecular flexibility index (Phi) is 5.50. The summed E-state index contributed by atoms with van der Waals surface area (Å²) in [5, 5.41) is 0. The first-order valence-corrected chi connectivity index (χ1v) is 6.78. The topological polar surface area (TPSA) is 29.5 Å². The van der Waals surface area contributed by atoms with E-state index in [9.17, 15) is 4.79 Å². The van der Waals surface area contributed by atoms with E-state index >= 15 is 0 Å². The quantitative estimate of drug-likeness (QED) is 0.563. The van der Waals surface area contributed by atoms with E-state index in [-0.39, 0.29) is 11.9 Å². The van der Waals surface area contributed by atoms with Crippen LogP contribution in [0.25, 0.3) is 0 Å². The SMILES string of the molecule is COC(=O)C(C)CC(C)C(=[Se])N1CCCC1. The van der Waals surface area contributed by atoms with Gasteiger partial charge in [0.25, 0.3) is 0 Å². The van der Waals surface area contributed by atoms with Crippen LogP contribution in [0.1, 0.15) is 33.1 Å². The van der Waals surface area contributed by atoms with Gasteiger partial charge in [-0.05, 0) is 0 Å². The van der Waals surface area contributed by atoms with Crippen LogP contribution in [0.3, 0.4) is 0 Å². The average molecular weight is 290 g/mol. The van der Waals surface area contributed by atoms with Crippen molar-refractivity contribution in [3.05, 3.63) is 0 Å². The Bertz CT molecular complexity index is 262. The molecule has 0 amide bonds. The molecule has 4 heteroatoms. The first kappa shape index (κ1) is 13.7. The van der Waals surface area contributed by atoms with Gasteiger partial charge in [-0.2, -0.15) is 0 Å². The van der Waals surface area contributed by atoms with Crippen molar-refractivity contribution in [1.82, 2.24) is 4.90 Å². The van der Waals surface area contributed by atoms with Crippen LogP contribution in [0.15, 0.2) is 0 Å². The number of nitrogens with zero attached hydrogens (tertiary/aromatic N) is 1. The zero-order valence-electron chi connectivity index (χ0n) is 10.4. The van der Waals surface area contributed by atoms with Crippen molar-refractivity contribution in [2.75, 3.05) is 20.2 Å². The summed E-state index contributed by atoms with van der Waals surface area (Å²) in [5.41, 5.74) is 0. The van der Waals surface area contributed by atoms with Gasteiger partial charge in [0.2, 0.25) is 0 Å². The van der Waals surface area contributed by atoms with E-state index < -0.39 is 0 Å². The number of likely N-dealkylation sites (tertiary alicyclic amines) is 1. The molecule has 1 heterocycles. The average Bonchev–Trinajstić information content (AvgIpc) is 2.79. The van der Waals surface area contributed by atoms with Gasteiger partial charge >= 0.3 is 106 Å². The van der Waals surface area contributed by atoms with Gasteiger partial charge in [0.15, 0.2) is 0 Å². The number of carbonyl (C=O) groups excluding carboxylic acids is 1. The van der Waals surface area contributed by atoms with Crippen molar-refractivity contribution >= 4 is 26.1 Å². The molecule has 0 radical (unpaired) electrons. The van der Waals surface area contributed by atoms with E-state index in [1.807, 2.05) is 6.92 Å². The Hall–Kier alpha value is -0.341. The van der Waals surface area contributed by atoms with Crippen molar-refractivity contribution in [2.24, 2.45) is 11.8 Å². The maximum absolute atomic E-state index is 11.3. The van der Waals surface area contributed by atoms with Crippen molar-refractivity contribution in [1.29, 1.82) is 0 Å². The third-order valence-corrected chi connectivity index (χ3v) is 4.54. The summed E-state index contributed by atoms with van der Waals surface area (Å²) in [4.78, 5) is 13.7. The predicted molar refractivity (Wildman–Crippen MR) is 66.5 cm³/mol. The first-order valence-electron chi connectivity index (χ1n) is 5.93. The summed E-state index contributed by atoms with van der Waals surface area (Å²) < 4.78 is 6.05. The van der Waals surface area contributed by atoms with E-state index in [1.165, 1.54) is 24.5 Å². The third kappa shape index (κ3) is 3.60. The van der Waals surface area contributed by atoms with Crippen LogP contribution in [0.5, 0.6) is 0 Å². The molecule has 1 saturated heterocycles. The summed E-state index contributed by atoms with van der Waals surface area (Å²) >= 11 is 3.17. The summed E-state index contributed by atoms with van der Waals surface area (Å²) in [5.74, 6) is 0.277. The molecule has 16 heavy (non-hydrogen) atoms. The molecule has 0 spiro atoms. The number of hydrogen-bond acceptors (Lipinski definition) is 3. The Morgan fingerprint density at radius 1 is 1.31 bits per heavy atom. The van der Waals surface area contributed by atoms with Crippen molar-refractivity contribution < 1.29 is 9.53 Å². The summed E-state index contributed by atoms with van der Waals surface area (Å²) in [6.45, 7) is 6.40. The van der Waals surface area contributed by atoms with Crippen LogP contribution in [0.2, 0.25) is 0 Å². The normalized spacial score (nSPS) is 19.3. The standard InChI is InChI=1S/C12H21NO2Se/c1-9(8-10(2)12(14)15-3)11(16)13-6-4-5-7-13/h9-10H,4-8H2,1-3H3. The molecular formula is C12H21NO2Se. The first-order chi connectivity index (χ1) is 7.56. The van der Waals surface area contributed by atoms with Gasteiger partial charge < -0.3 is 0 Å². The Balaban J connectivity index is 2.41. The Morgan fingerprint density at radius 2 is 1.88 bits per heavy atom. The minimum atomic E-state index is -0.110. The number of methoxy groups -OCH3 is 1. The fourth-order valence-corrected chi connectivity index (χ4v) is 2.76. The number of ether oxygens (including phenoxy) is 1. The van der Waals surface area contributed by atoms with Crippen LogP contribution >= 0.6 is 0 Å². The van der Waals surface area contributed by atoms with E-state index in [2.05, 4.69) is 27.4 Å². The van der Waals surface area contributed by atoms with E-state index in [0.717, 1.165) is 19.5 Å². The molecule has 2 unspecified atom stereocenters. The van der Waals surface area contributed by atoms with E-state index in [0.29, 0.717) is 5.92 Å². The number of rotatable bonds is 5. The molecule has 0 aromatic carbocycles. The molecular weight excluding hydrogens is 269 g/mol. The second kappa shape index (κ2) is 6.41. The number of esters is 1. The monoisotopic (exact) mass is 291 g/mol. The van der Waals surface area contributed by atoms with Gasteiger partial charge in [0, 0.05) is 0 Å². The van der Waals surface area contributed by atoms with Crippen molar-refractivity contribution in [3.8, 4) is 0 Å². The minimum absolute atomic E-state index is 0.0223. The van der Waals surface area contributed by atoms with Crippen molar-refractivity contribution in [2.45, 2.75) is 33.1 Å². The fraction of sp³-hybridized carbons (Fsp3) is 0.833. The molecule has 1 rings (SSSR count). The van der Waals surface area contributed by atoms with Crippen LogP contribution in [-0.2, 0) is 9.53 Å². The Labute approximate surface area is 106 Å². The molecule has 1 aliphatic heterocycles. The molecule has 1 fully saturated rings. The molecule has 0 aliphatic carbocycles. The van der Waals surface area contributed by atoms with E-state index in [4.69, 9.17) is 4.74 Å². The number of hydrogen-bond donors (Lipinski definition) is 0. The predicted octanol–water partition coefficient (Wildman–Crippen LogP) is 1.22. The molecule has 3 nitrogen and oxygen atoms in total. The van der Waals surface area contributed by atoms with Crippen molar-refractivity contribution in [3.63, 3.8) is 0 Å². The van der Waals surface area contributed by atoms with Crippen LogP contribution in [0.4, 0.5) is 0 Å². The molecule has 1 aliphatic rings. The van der Waals surface area contributed by atoms with Gasteiger partial charge in [0.05, 0.1) is 0 Å². The molecule has 92 valence electrons. The summed E-state index contributed by atoms with van der Waals surface area (Å²) in [6.07, 6.45) is 3.42. The second-order valence-corrected chi connectivity index (χ2v) is 5.47. The molecule has 0 N–H and O–H groups in total. The molecule has 0 aromatic rings. The number of carbonyl (C=O) groups is 1. The molecule has 0 saturated carbocycles. The molecule has 0 bridgehead atoms. The van der Waals surface area contributed by atoms with Crippen LogP contribution in [-0.4, -0.2) is 51.2 Å². The van der Waals surface area contributed by atoms with Crippen LogP contribution in [0, 0.1) is 11.8 Å². The Morgan fingerprint density at radius 3 is 2.38 bits per heavy atom. The summed E-state index contributed by atoms with van der Waals surface area (Å²) in [7, 11) is 1.45. The van der Waals surface area contributed by atoms with Gasteiger partial charge in [-0.15, -0.1) is 0 Å². The van der Waals surface area contributed by atoms with Crippen LogP contribution < -0.4 is 0 Å². The van der Waals surface area contributed by atoms with E-state index in [1.54, 1.807) is 0 Å². The van der Waals surface area contributed by atoms with Gasteiger partial charge in [0.1, 0.15) is 0 Å². The fourth-order valence-electron chi connectivity index (χ4n) is 2.18. The maximum atomic E-state index is 11.3. The third-order valence-electron chi connectivity index (χ3n) is 3.15. The van der Waals surface area contributed by atoms with Gasteiger partial charge in [-0.1, -0.05) is 0 Å². The molecule has 0 aromatic heterocycles. The van der Waals surface area contributed by atoms with Gasteiger partial charge in [-0.25, -0.2) is 0 Å². The zero-order valence-corrected chi connectivity index (χ0v) is 12.1. The zero-order chi connectivity index (χ0) is 12.1. The van der Waals surface area contributed by atoms with Gasteiger partial charge in [-0.3, -0.25) is 0 Å². The molecule has 2 atom stereocenters.